The maximum absolute atomic E-state index is 11.1. The van der Waals surface area contributed by atoms with Crippen LogP contribution in [0.25, 0.3) is 0 Å². The van der Waals surface area contributed by atoms with Crippen LogP contribution in [-0.2, 0) is 16.0 Å². The predicted molar refractivity (Wildman–Crippen MR) is 130 cm³/mol. The third-order valence-corrected chi connectivity index (χ3v) is 4.85. The molecule has 0 saturated carbocycles. The number of nitrogens with zero attached hydrogens (tertiary/aromatic N) is 2. The second-order valence-electron chi connectivity index (χ2n) is 7.14. The van der Waals surface area contributed by atoms with E-state index < -0.39 is 0 Å². The van der Waals surface area contributed by atoms with Crippen molar-refractivity contribution in [2.45, 2.75) is 40.0 Å². The van der Waals surface area contributed by atoms with Gasteiger partial charge in [-0.3, -0.25) is 4.79 Å². The fourth-order valence-corrected chi connectivity index (χ4v) is 2.94. The van der Waals surface area contributed by atoms with Crippen LogP contribution in [0.2, 0.25) is 0 Å². The highest BCUT2D eigenvalue weighted by Crippen LogP contribution is 2.23. The van der Waals surface area contributed by atoms with Gasteiger partial charge < -0.3 is 19.3 Å². The van der Waals surface area contributed by atoms with Gasteiger partial charge in [0, 0.05) is 31.7 Å². The van der Waals surface area contributed by atoms with E-state index >= 15 is 0 Å². The molecule has 0 radical (unpaired) electrons. The molecule has 0 spiro atoms. The number of likely N-dealkylation sites (N-methyl/N-ethyl adjacent to an activating group) is 1. The first kappa shape index (κ1) is 26.7. The van der Waals surface area contributed by atoms with Gasteiger partial charge in [0.2, 0.25) is 5.91 Å². The van der Waals surface area contributed by atoms with Gasteiger partial charge in [0.05, 0.1) is 20.3 Å². The third-order valence-electron chi connectivity index (χ3n) is 4.85. The van der Waals surface area contributed by atoms with Crippen molar-refractivity contribution in [1.82, 2.24) is 4.90 Å². The third kappa shape index (κ3) is 10.5. The lowest BCUT2D eigenvalue weighted by Gasteiger charge is -2.30. The van der Waals surface area contributed by atoms with E-state index in [2.05, 4.69) is 49.2 Å². The first-order valence-electron chi connectivity index (χ1n) is 11.4. The minimum Gasteiger partial charge on any atom is -0.497 e. The fraction of sp³-hybridized carbons (Fsp3) is 0.500. The van der Waals surface area contributed by atoms with Gasteiger partial charge in [-0.05, 0) is 43.3 Å². The Morgan fingerprint density at radius 3 is 1.94 bits per heavy atom. The van der Waals surface area contributed by atoms with Crippen LogP contribution in [-0.4, -0.2) is 57.8 Å². The summed E-state index contributed by atoms with van der Waals surface area (Å²) in [5.74, 6) is 1.02. The summed E-state index contributed by atoms with van der Waals surface area (Å²) in [7, 11) is 3.74. The summed E-state index contributed by atoms with van der Waals surface area (Å²) in [5, 5.41) is 0. The Labute approximate surface area is 189 Å². The van der Waals surface area contributed by atoms with Crippen molar-refractivity contribution in [1.29, 1.82) is 0 Å². The Kier molecular flexibility index (Phi) is 14.1. The van der Waals surface area contributed by atoms with Crippen molar-refractivity contribution in [2.24, 2.45) is 0 Å². The van der Waals surface area contributed by atoms with Gasteiger partial charge in [0.15, 0.2) is 0 Å². The molecule has 1 amide bonds. The number of hydrogen-bond acceptors (Lipinski definition) is 4. The van der Waals surface area contributed by atoms with E-state index in [1.165, 1.54) is 18.4 Å². The molecular formula is C26H40N2O3. The Morgan fingerprint density at radius 2 is 1.55 bits per heavy atom. The first-order chi connectivity index (χ1) is 15.1. The minimum atomic E-state index is 0.199. The number of hydrogen-bond donors (Lipinski definition) is 0. The number of carbonyl (C=O) groups is 1. The maximum atomic E-state index is 11.1. The molecule has 2 aliphatic rings. The molecule has 2 aromatic carbocycles. The molecule has 0 aliphatic carbocycles. The van der Waals surface area contributed by atoms with Gasteiger partial charge in [0.25, 0.3) is 0 Å². The molecule has 0 N–H and O–H groups in total. The summed E-state index contributed by atoms with van der Waals surface area (Å²) in [6.07, 6.45) is 3.12. The van der Waals surface area contributed by atoms with Crippen LogP contribution in [0.15, 0.2) is 54.6 Å². The fourth-order valence-electron chi connectivity index (χ4n) is 2.94. The summed E-state index contributed by atoms with van der Waals surface area (Å²) in [6, 6.07) is 18.1. The number of carbonyl (C=O) groups excluding carboxylic acids is 1. The number of morpholine rings is 1. The molecule has 2 saturated heterocycles. The molecular weight excluding hydrogens is 388 g/mol. The number of benzene rings is 2. The zero-order chi connectivity index (χ0) is 22.9. The Balaban J connectivity index is 0.000000235. The molecule has 4 rings (SSSR count). The zero-order valence-corrected chi connectivity index (χ0v) is 20.0. The van der Waals surface area contributed by atoms with Gasteiger partial charge in [0.1, 0.15) is 5.75 Å². The van der Waals surface area contributed by atoms with Crippen molar-refractivity contribution < 1.29 is 14.3 Å². The number of anilines is 1. The molecule has 172 valence electrons. The lowest BCUT2D eigenvalue weighted by molar-refractivity contribution is -0.122. The number of methoxy groups -OCH3 is 1. The van der Waals surface area contributed by atoms with E-state index in [1.54, 1.807) is 12.0 Å². The van der Waals surface area contributed by atoms with Crippen molar-refractivity contribution in [3.63, 3.8) is 0 Å². The molecule has 0 atom stereocenters. The normalized spacial score (nSPS) is 15.1. The van der Waals surface area contributed by atoms with Crippen molar-refractivity contribution in [3.8, 4) is 5.75 Å². The average Bonchev–Trinajstić information content (AvgIpc) is 2.82. The maximum Gasteiger partial charge on any atom is 0.228 e. The summed E-state index contributed by atoms with van der Waals surface area (Å²) in [4.78, 5) is 15.1. The second-order valence-corrected chi connectivity index (χ2v) is 7.14. The number of aryl methyl sites for hydroxylation is 1. The minimum absolute atomic E-state index is 0.199. The van der Waals surface area contributed by atoms with Crippen LogP contribution in [0, 0.1) is 0 Å². The molecule has 0 bridgehead atoms. The van der Waals surface area contributed by atoms with Gasteiger partial charge in [-0.25, -0.2) is 0 Å². The number of ether oxygens (including phenoxy) is 2. The highest BCUT2D eigenvalue weighted by molar-refractivity contribution is 5.99. The Morgan fingerprint density at radius 1 is 0.935 bits per heavy atom. The van der Waals surface area contributed by atoms with Crippen LogP contribution in [0.4, 0.5) is 5.69 Å². The average molecular weight is 429 g/mol. The van der Waals surface area contributed by atoms with Gasteiger partial charge in [-0.1, -0.05) is 57.5 Å². The van der Waals surface area contributed by atoms with E-state index in [0.717, 1.165) is 44.3 Å². The molecule has 0 unspecified atom stereocenters. The van der Waals surface area contributed by atoms with E-state index in [9.17, 15) is 4.79 Å². The lowest BCUT2D eigenvalue weighted by Crippen LogP contribution is -2.43. The second kappa shape index (κ2) is 16.3. The molecule has 5 heteroatoms. The highest BCUT2D eigenvalue weighted by Gasteiger charge is 2.24. The molecule has 5 nitrogen and oxygen atoms in total. The first-order valence-corrected chi connectivity index (χ1v) is 11.4. The van der Waals surface area contributed by atoms with Crippen molar-refractivity contribution in [2.75, 3.05) is 51.9 Å². The van der Waals surface area contributed by atoms with Gasteiger partial charge in [-0.2, -0.15) is 0 Å². The van der Waals surface area contributed by atoms with Crippen LogP contribution in [0.5, 0.6) is 5.75 Å². The largest absolute Gasteiger partial charge is 0.497 e. The zero-order valence-electron chi connectivity index (χ0n) is 20.0. The van der Waals surface area contributed by atoms with Crippen LogP contribution in [0.1, 0.15) is 39.2 Å². The van der Waals surface area contributed by atoms with Crippen molar-refractivity contribution in [3.05, 3.63) is 60.2 Å². The van der Waals surface area contributed by atoms with Crippen LogP contribution >= 0.6 is 0 Å². The Hall–Kier alpha value is -2.37. The Bertz CT molecular complexity index is 698. The summed E-state index contributed by atoms with van der Waals surface area (Å²) in [6.45, 7) is 11.1. The smallest absolute Gasteiger partial charge is 0.228 e. The number of β-lactam (4-membered cyclic amide) rings is 1. The van der Waals surface area contributed by atoms with Gasteiger partial charge >= 0.3 is 0 Å². The topological polar surface area (TPSA) is 42.0 Å². The van der Waals surface area contributed by atoms with E-state index in [1.807, 2.05) is 38.1 Å². The van der Waals surface area contributed by atoms with Crippen LogP contribution in [0.3, 0.4) is 0 Å². The predicted octanol–water partition coefficient (Wildman–Crippen LogP) is 5.05. The molecule has 2 heterocycles. The summed E-state index contributed by atoms with van der Waals surface area (Å²) >= 11 is 0. The monoisotopic (exact) mass is 428 g/mol. The molecule has 0 aromatic heterocycles. The van der Waals surface area contributed by atoms with Crippen molar-refractivity contribution >= 4 is 11.6 Å². The lowest BCUT2D eigenvalue weighted by atomic mass is 10.1. The molecule has 2 aliphatic heterocycles. The SMILES string of the molecule is CC.CCCc1ccccc1.CN1CCOCC1.COc1ccc(N2CCC2=O)cc1. The van der Waals surface area contributed by atoms with E-state index in [4.69, 9.17) is 9.47 Å². The van der Waals surface area contributed by atoms with Gasteiger partial charge in [-0.15, -0.1) is 0 Å². The highest BCUT2D eigenvalue weighted by atomic mass is 16.5. The standard InChI is InChI=1S/C10H11NO2.C9H12.C5H11NO.C2H6/c1-13-9-4-2-8(3-5-9)11-7-6-10(11)12;1-2-6-9-7-4-3-5-8-9;1-6-2-4-7-5-3-6;1-2/h2-5H,6-7H2,1H3;3-5,7-8H,2,6H2,1H3;2-5H2,1H3;1-2H3. The molecule has 2 aromatic rings. The molecule has 31 heavy (non-hydrogen) atoms. The van der Waals surface area contributed by atoms with E-state index in [0.29, 0.717) is 6.42 Å². The quantitative estimate of drug-likeness (QED) is 0.640. The number of rotatable bonds is 4. The van der Waals surface area contributed by atoms with E-state index in [-0.39, 0.29) is 5.91 Å². The number of amides is 1. The molecule has 2 fully saturated rings. The summed E-state index contributed by atoms with van der Waals surface area (Å²) < 4.78 is 10.1. The van der Waals surface area contributed by atoms with Crippen LogP contribution < -0.4 is 9.64 Å². The summed E-state index contributed by atoms with van der Waals surface area (Å²) in [5.41, 5.74) is 2.40.